The number of aliphatic carboxylic acids is 1. The van der Waals surface area contributed by atoms with Crippen LogP contribution in [0.25, 0.3) is 0 Å². The van der Waals surface area contributed by atoms with Crippen LogP contribution in [-0.2, 0) is 14.3 Å². The maximum atomic E-state index is 13.3. The summed E-state index contributed by atoms with van der Waals surface area (Å²) >= 11 is 0. The zero-order valence-electron chi connectivity index (χ0n) is 27.1. The van der Waals surface area contributed by atoms with Crippen molar-refractivity contribution in [3.63, 3.8) is 0 Å². The van der Waals surface area contributed by atoms with Crippen LogP contribution >= 0.6 is 0 Å². The first kappa shape index (κ1) is 37.3. The number of nitrogens with one attached hydrogen (secondary N) is 2. The summed E-state index contributed by atoms with van der Waals surface area (Å²) in [6.45, 7) is 8.22. The fourth-order valence-electron chi connectivity index (χ4n) is 4.50. The maximum absolute atomic E-state index is 13.3. The normalized spacial score (nSPS) is 12.8. The molecule has 12 nitrogen and oxygen atoms in total. The molecule has 1 aromatic heterocycles. The third kappa shape index (κ3) is 10.7. The number of morpholine rings is 1. The Labute approximate surface area is 276 Å². The van der Waals surface area contributed by atoms with Crippen molar-refractivity contribution in [1.29, 1.82) is 0 Å². The van der Waals surface area contributed by atoms with Crippen LogP contribution in [0.15, 0.2) is 67.4 Å². The van der Waals surface area contributed by atoms with E-state index in [1.807, 2.05) is 56.4 Å². The van der Waals surface area contributed by atoms with Gasteiger partial charge in [0.05, 0.1) is 37.4 Å². The third-order valence-electron chi connectivity index (χ3n) is 7.09. The maximum Gasteiger partial charge on any atom is 0.490 e. The number of likely N-dealkylation sites (N-methyl/N-ethyl adjacent to an activating group) is 2. The SMILES string of the molecule is C=CC(=O)Nc1cc(Nc2cc(C(=O)c3ccc(N4CCOCC4)cc3)ccn2)c(OC)cc1N(C)CCN(C)C.O=C(O)C(F)(F)F. The van der Waals surface area contributed by atoms with Crippen LogP contribution < -0.4 is 25.2 Å². The molecule has 2 heterocycles. The van der Waals surface area contributed by atoms with Crippen LogP contribution in [-0.4, -0.2) is 106 Å². The van der Waals surface area contributed by atoms with Gasteiger partial charge in [-0.2, -0.15) is 13.2 Å². The van der Waals surface area contributed by atoms with Gasteiger partial charge in [-0.15, -0.1) is 0 Å². The number of anilines is 5. The molecule has 0 saturated carbocycles. The Kier molecular flexibility index (Phi) is 13.3. The van der Waals surface area contributed by atoms with E-state index in [9.17, 15) is 22.8 Å². The lowest BCUT2D eigenvalue weighted by Gasteiger charge is -2.28. The van der Waals surface area contributed by atoms with Gasteiger partial charge in [0.25, 0.3) is 0 Å². The molecular weight excluding hydrogens is 633 g/mol. The molecule has 1 fully saturated rings. The van der Waals surface area contributed by atoms with E-state index < -0.39 is 12.1 Å². The number of carbonyl (C=O) groups excluding carboxylic acids is 2. The van der Waals surface area contributed by atoms with Gasteiger partial charge in [0.2, 0.25) is 5.91 Å². The number of ketones is 1. The second kappa shape index (κ2) is 17.1. The van der Waals surface area contributed by atoms with Gasteiger partial charge in [-0.05, 0) is 62.6 Å². The summed E-state index contributed by atoms with van der Waals surface area (Å²) in [5.41, 5.74) is 4.14. The van der Waals surface area contributed by atoms with Crippen LogP contribution in [0, 0.1) is 0 Å². The summed E-state index contributed by atoms with van der Waals surface area (Å²) in [5.74, 6) is -2.16. The lowest BCUT2D eigenvalue weighted by molar-refractivity contribution is -0.192. The molecule has 3 aromatic rings. The van der Waals surface area contributed by atoms with Crippen molar-refractivity contribution in [3.05, 3.63) is 78.5 Å². The van der Waals surface area contributed by atoms with Crippen LogP contribution in [0.1, 0.15) is 15.9 Å². The summed E-state index contributed by atoms with van der Waals surface area (Å²) in [6, 6.07) is 14.7. The molecule has 1 amide bonds. The Morgan fingerprint density at radius 3 is 2.23 bits per heavy atom. The third-order valence-corrected chi connectivity index (χ3v) is 7.09. The van der Waals surface area contributed by atoms with E-state index in [0.29, 0.717) is 47.3 Å². The van der Waals surface area contributed by atoms with Gasteiger partial charge in [-0.1, -0.05) is 6.58 Å². The molecule has 258 valence electrons. The highest BCUT2D eigenvalue weighted by Gasteiger charge is 2.38. The summed E-state index contributed by atoms with van der Waals surface area (Å²) in [7, 11) is 7.56. The number of hydrogen-bond donors (Lipinski definition) is 3. The number of hydrogen-bond acceptors (Lipinski definition) is 10. The Morgan fingerprint density at radius 2 is 1.67 bits per heavy atom. The number of rotatable bonds is 12. The van der Waals surface area contributed by atoms with Crippen molar-refractivity contribution in [2.45, 2.75) is 6.18 Å². The number of ether oxygens (including phenoxy) is 2. The molecule has 15 heteroatoms. The van der Waals surface area contributed by atoms with Gasteiger partial charge in [-0.3, -0.25) is 9.59 Å². The largest absolute Gasteiger partial charge is 0.494 e. The molecule has 0 atom stereocenters. The standard InChI is InChI=1S/C31H38N6O4.C2HF3O2/c1-6-30(38)34-25-20-26(28(40-5)21-27(25)36(4)14-13-35(2)3)33-29-19-23(11-12-32-29)31(39)22-7-9-24(10-8-22)37-15-17-41-18-16-37;3-2(4,5)1(6)7/h6-12,19-21H,1,13-18H2,2-5H3,(H,32,33)(H,34,38);(H,6,7). The number of benzene rings is 2. The van der Waals surface area contributed by atoms with Crippen LogP contribution in [0.5, 0.6) is 5.75 Å². The molecule has 3 N–H and O–H groups in total. The quantitative estimate of drug-likeness (QED) is 0.183. The lowest BCUT2D eigenvalue weighted by Crippen LogP contribution is -2.36. The zero-order chi connectivity index (χ0) is 35.4. The van der Waals surface area contributed by atoms with Crippen molar-refractivity contribution in [2.75, 3.05) is 88.1 Å². The monoisotopic (exact) mass is 672 g/mol. The van der Waals surface area contributed by atoms with Gasteiger partial charge in [0.1, 0.15) is 11.6 Å². The molecule has 0 radical (unpaired) electrons. The van der Waals surface area contributed by atoms with Gasteiger partial charge < -0.3 is 39.9 Å². The Hall–Kier alpha value is -5.15. The topological polar surface area (TPSA) is 137 Å². The van der Waals surface area contributed by atoms with Crippen molar-refractivity contribution in [1.82, 2.24) is 9.88 Å². The minimum absolute atomic E-state index is 0.104. The number of methoxy groups -OCH3 is 1. The molecule has 1 aliphatic rings. The van der Waals surface area contributed by atoms with E-state index in [1.165, 1.54) is 6.08 Å². The molecule has 0 unspecified atom stereocenters. The summed E-state index contributed by atoms with van der Waals surface area (Å²) < 4.78 is 42.9. The number of pyridine rings is 1. The minimum atomic E-state index is -5.08. The van der Waals surface area contributed by atoms with E-state index in [2.05, 4.69) is 32.0 Å². The first-order chi connectivity index (χ1) is 22.7. The van der Waals surface area contributed by atoms with Gasteiger partial charge in [0, 0.05) is 62.3 Å². The highest BCUT2D eigenvalue weighted by molar-refractivity contribution is 6.09. The number of halogens is 3. The summed E-state index contributed by atoms with van der Waals surface area (Å²) in [5, 5.41) is 13.3. The number of carboxylic acid groups (broad SMARTS) is 1. The second-order valence-corrected chi connectivity index (χ2v) is 10.8. The molecule has 0 spiro atoms. The molecule has 0 aliphatic carbocycles. The average molecular weight is 673 g/mol. The lowest BCUT2D eigenvalue weighted by atomic mass is 10.0. The van der Waals surface area contributed by atoms with Crippen molar-refractivity contribution in [3.8, 4) is 5.75 Å². The van der Waals surface area contributed by atoms with E-state index >= 15 is 0 Å². The number of nitrogens with zero attached hydrogens (tertiary/aromatic N) is 4. The smallest absolute Gasteiger partial charge is 0.490 e. The molecule has 1 saturated heterocycles. The predicted octanol–water partition coefficient (Wildman–Crippen LogP) is 4.66. The first-order valence-corrected chi connectivity index (χ1v) is 14.8. The fourth-order valence-corrected chi connectivity index (χ4v) is 4.50. The van der Waals surface area contributed by atoms with E-state index in [-0.39, 0.29) is 11.7 Å². The number of aromatic nitrogens is 1. The van der Waals surface area contributed by atoms with E-state index in [4.69, 9.17) is 19.4 Å². The van der Waals surface area contributed by atoms with Crippen LogP contribution in [0.3, 0.4) is 0 Å². The summed E-state index contributed by atoms with van der Waals surface area (Å²) in [4.78, 5) is 45.3. The van der Waals surface area contributed by atoms with Crippen molar-refractivity contribution in [2.24, 2.45) is 0 Å². The van der Waals surface area contributed by atoms with Gasteiger partial charge in [-0.25, -0.2) is 9.78 Å². The highest BCUT2D eigenvalue weighted by Crippen LogP contribution is 2.38. The summed E-state index contributed by atoms with van der Waals surface area (Å²) in [6.07, 6.45) is -2.26. The molecule has 1 aliphatic heterocycles. The fraction of sp³-hybridized carbons (Fsp3) is 0.333. The predicted molar refractivity (Wildman–Crippen MR) is 178 cm³/mol. The Morgan fingerprint density at radius 1 is 1.02 bits per heavy atom. The van der Waals surface area contributed by atoms with E-state index in [1.54, 1.807) is 31.5 Å². The second-order valence-electron chi connectivity index (χ2n) is 10.8. The zero-order valence-corrected chi connectivity index (χ0v) is 27.1. The number of carboxylic acids is 1. The minimum Gasteiger partial charge on any atom is -0.494 e. The van der Waals surface area contributed by atoms with Crippen LogP contribution in [0.2, 0.25) is 0 Å². The Balaban J connectivity index is 0.000000804. The Bertz CT molecular complexity index is 1580. The molecule has 2 aromatic carbocycles. The molecule has 4 rings (SSSR count). The first-order valence-electron chi connectivity index (χ1n) is 14.8. The van der Waals surface area contributed by atoms with Crippen molar-refractivity contribution >= 4 is 46.2 Å². The average Bonchev–Trinajstić information content (AvgIpc) is 3.07. The van der Waals surface area contributed by atoms with Crippen molar-refractivity contribution < 1.29 is 42.1 Å². The van der Waals surface area contributed by atoms with Gasteiger partial charge in [0.15, 0.2) is 5.78 Å². The number of amides is 1. The molecule has 0 bridgehead atoms. The van der Waals surface area contributed by atoms with Gasteiger partial charge >= 0.3 is 12.1 Å². The highest BCUT2D eigenvalue weighted by atomic mass is 19.4. The van der Waals surface area contributed by atoms with Crippen LogP contribution in [0.4, 0.5) is 41.7 Å². The number of alkyl halides is 3. The molecular formula is C33H39F3N6O6. The number of carbonyl (C=O) groups is 3. The molecule has 48 heavy (non-hydrogen) atoms. The van der Waals surface area contributed by atoms with E-state index in [0.717, 1.165) is 37.6 Å².